The number of amides is 1. The van der Waals surface area contributed by atoms with Crippen LogP contribution in [0.15, 0.2) is 12.2 Å². The fraction of sp³-hybridized carbons (Fsp3) is 0.894. The number of ether oxygens (including phenoxy) is 1. The molecular formula is C47H90N4O7. The summed E-state index contributed by atoms with van der Waals surface area (Å²) < 4.78 is 6.04. The zero-order valence-corrected chi connectivity index (χ0v) is 37.5. The molecule has 0 bridgehead atoms. The zero-order valence-electron chi connectivity index (χ0n) is 37.5. The number of aliphatic hydroxyl groups is 3. The number of carbonyl (C=O) groups is 3. The maximum absolute atomic E-state index is 14.1. The number of nitrogens with zero attached hydrogens (tertiary/aromatic N) is 1. The molecule has 0 aromatic carbocycles. The minimum absolute atomic E-state index is 0.135. The average molecular weight is 823 g/mol. The van der Waals surface area contributed by atoms with Crippen LogP contribution in [-0.4, -0.2) is 87.1 Å². The third kappa shape index (κ3) is 20.7. The van der Waals surface area contributed by atoms with Crippen LogP contribution in [0.2, 0.25) is 0 Å². The predicted octanol–water partition coefficient (Wildman–Crippen LogP) is 8.27. The fourth-order valence-electron chi connectivity index (χ4n) is 8.23. The molecule has 1 aliphatic heterocycles. The number of carbonyl (C=O) groups excluding carboxylic acids is 3. The number of Topliss-reactive ketones (excluding diaryl/α,β-unsaturated/α-hetero) is 2. The molecule has 1 aliphatic rings. The largest absolute Gasteiger partial charge is 0.394 e. The van der Waals surface area contributed by atoms with E-state index < -0.39 is 60.3 Å². The van der Waals surface area contributed by atoms with Crippen LogP contribution in [0, 0.1) is 5.92 Å². The van der Waals surface area contributed by atoms with Crippen molar-refractivity contribution in [1.29, 1.82) is 0 Å². The standard InChI is InChI=1S/C47H90N4O7/c1-4-6-8-10-12-14-16-18-20-22-24-26-28-30-32-34-36-51(41(54)35-33-31-29-27-25-23-21-19-17-15-13-11-9-7-5-2)47(50)42(44(56)43(55)39(38-52)58-47)45(57)46(3,49)40(53)37-48/h19,21,39,42-44,52,55-56H,4-18,20,22-38,48-50H2,1-3H3/b21-19-/t39-,42+,43-,44-,46-,47+/m1/s1. The van der Waals surface area contributed by atoms with Gasteiger partial charge in [0.1, 0.15) is 23.7 Å². The van der Waals surface area contributed by atoms with Crippen molar-refractivity contribution >= 4 is 17.5 Å². The molecule has 0 radical (unpaired) electrons. The summed E-state index contributed by atoms with van der Waals surface area (Å²) in [6, 6.07) is 0. The Bertz CT molecular complexity index is 1100. The minimum Gasteiger partial charge on any atom is -0.394 e. The fourth-order valence-corrected chi connectivity index (χ4v) is 8.23. The molecule has 1 rings (SSSR count). The second-order valence-corrected chi connectivity index (χ2v) is 17.4. The summed E-state index contributed by atoms with van der Waals surface area (Å²) in [7, 11) is 0. The number of ketones is 2. The highest BCUT2D eigenvalue weighted by Crippen LogP contribution is 2.38. The van der Waals surface area contributed by atoms with Gasteiger partial charge in [-0.2, -0.15) is 0 Å². The summed E-state index contributed by atoms with van der Waals surface area (Å²) in [6.07, 6.45) is 33.5. The van der Waals surface area contributed by atoms with Gasteiger partial charge in [-0.15, -0.1) is 0 Å². The average Bonchev–Trinajstić information content (AvgIpc) is 3.21. The smallest absolute Gasteiger partial charge is 0.225 e. The molecular weight excluding hydrogens is 733 g/mol. The molecule has 0 aromatic heterocycles. The number of rotatable bonds is 38. The van der Waals surface area contributed by atoms with Crippen molar-refractivity contribution in [1.82, 2.24) is 4.90 Å². The van der Waals surface area contributed by atoms with Crippen LogP contribution in [0.25, 0.3) is 0 Å². The van der Waals surface area contributed by atoms with Crippen molar-refractivity contribution < 1.29 is 34.4 Å². The van der Waals surface area contributed by atoms with Crippen LogP contribution in [0.3, 0.4) is 0 Å². The lowest BCUT2D eigenvalue weighted by Gasteiger charge is -2.53. The first-order chi connectivity index (χ1) is 27.9. The first-order valence-corrected chi connectivity index (χ1v) is 23.9. The Hall–Kier alpha value is -1.73. The Morgan fingerprint density at radius 2 is 1.05 bits per heavy atom. The van der Waals surface area contributed by atoms with Crippen molar-refractivity contribution in [3.8, 4) is 0 Å². The molecule has 11 nitrogen and oxygen atoms in total. The number of unbranched alkanes of at least 4 members (excludes halogenated alkanes) is 26. The van der Waals surface area contributed by atoms with Gasteiger partial charge in [-0.05, 0) is 45.4 Å². The predicted molar refractivity (Wildman–Crippen MR) is 237 cm³/mol. The lowest BCUT2D eigenvalue weighted by molar-refractivity contribution is -0.292. The molecule has 1 fully saturated rings. The van der Waals surface area contributed by atoms with E-state index in [1.807, 2.05) is 0 Å². The molecule has 1 saturated heterocycles. The highest BCUT2D eigenvalue weighted by atomic mass is 16.6. The van der Waals surface area contributed by atoms with Gasteiger partial charge in [0, 0.05) is 13.0 Å². The van der Waals surface area contributed by atoms with Crippen molar-refractivity contribution in [2.75, 3.05) is 19.7 Å². The van der Waals surface area contributed by atoms with E-state index in [1.165, 1.54) is 121 Å². The van der Waals surface area contributed by atoms with Crippen molar-refractivity contribution in [3.05, 3.63) is 12.2 Å². The first-order valence-electron chi connectivity index (χ1n) is 23.9. The summed E-state index contributed by atoms with van der Waals surface area (Å²) in [6.45, 7) is 4.58. The van der Waals surface area contributed by atoms with Crippen LogP contribution >= 0.6 is 0 Å². The Morgan fingerprint density at radius 3 is 1.47 bits per heavy atom. The lowest BCUT2D eigenvalue weighted by atomic mass is 9.75. The molecule has 0 saturated carbocycles. The lowest BCUT2D eigenvalue weighted by Crippen LogP contribution is -2.77. The molecule has 0 aromatic rings. The van der Waals surface area contributed by atoms with Crippen LogP contribution in [0.5, 0.6) is 0 Å². The van der Waals surface area contributed by atoms with E-state index in [-0.39, 0.29) is 18.9 Å². The second kappa shape index (κ2) is 33.0. The summed E-state index contributed by atoms with van der Waals surface area (Å²) >= 11 is 0. The number of hydrogen-bond donors (Lipinski definition) is 6. The number of hydrogen-bond acceptors (Lipinski definition) is 10. The van der Waals surface area contributed by atoms with E-state index in [9.17, 15) is 29.7 Å². The summed E-state index contributed by atoms with van der Waals surface area (Å²) in [5.74, 6) is -6.17. The van der Waals surface area contributed by atoms with Gasteiger partial charge in [-0.25, -0.2) is 0 Å². The topological polar surface area (TPSA) is 202 Å². The SMILES string of the molecule is CCCCCCCC/C=C\CCCCCCCC(=O)N(CCCCCCCCCCCCCCCCCC)[C@]1(N)O[C@H](CO)[C@@H](O)[C@H](O)[C@H]1C(=O)[C@](C)(N)C(=O)CN. The summed E-state index contributed by atoms with van der Waals surface area (Å²) in [5, 5.41) is 32.3. The maximum Gasteiger partial charge on any atom is 0.225 e. The molecule has 0 spiro atoms. The van der Waals surface area contributed by atoms with Gasteiger partial charge in [0.05, 0.1) is 19.3 Å². The third-order valence-corrected chi connectivity index (χ3v) is 12.2. The molecule has 6 atom stereocenters. The molecule has 58 heavy (non-hydrogen) atoms. The van der Waals surface area contributed by atoms with Crippen LogP contribution < -0.4 is 17.2 Å². The van der Waals surface area contributed by atoms with Crippen molar-refractivity contribution in [2.45, 2.75) is 243 Å². The monoisotopic (exact) mass is 823 g/mol. The van der Waals surface area contributed by atoms with Crippen LogP contribution in [-0.2, 0) is 19.1 Å². The quantitative estimate of drug-likeness (QED) is 0.0152. The Kier molecular flexibility index (Phi) is 30.9. The Labute approximate surface area is 354 Å². The molecule has 11 heteroatoms. The van der Waals surface area contributed by atoms with Gasteiger partial charge < -0.3 is 36.4 Å². The molecule has 1 amide bonds. The van der Waals surface area contributed by atoms with Gasteiger partial charge in [0.2, 0.25) is 11.8 Å². The summed E-state index contributed by atoms with van der Waals surface area (Å²) in [4.78, 5) is 42.1. The minimum atomic E-state index is -2.27. The van der Waals surface area contributed by atoms with Gasteiger partial charge >= 0.3 is 0 Å². The highest BCUT2D eigenvalue weighted by Gasteiger charge is 2.61. The molecule has 340 valence electrons. The zero-order chi connectivity index (χ0) is 43.1. The third-order valence-electron chi connectivity index (χ3n) is 12.2. The number of allylic oxidation sites excluding steroid dienone is 2. The highest BCUT2D eigenvalue weighted by molar-refractivity contribution is 6.13. The maximum atomic E-state index is 14.1. The van der Waals surface area contributed by atoms with E-state index in [0.717, 1.165) is 64.2 Å². The normalized spacial score (nSPS) is 22.0. The van der Waals surface area contributed by atoms with Gasteiger partial charge in [0.25, 0.3) is 0 Å². The van der Waals surface area contributed by atoms with Gasteiger partial charge in [-0.3, -0.25) is 20.1 Å². The molecule has 0 aliphatic carbocycles. The van der Waals surface area contributed by atoms with Crippen molar-refractivity contribution in [2.24, 2.45) is 23.1 Å². The van der Waals surface area contributed by atoms with E-state index in [4.69, 9.17) is 21.9 Å². The van der Waals surface area contributed by atoms with E-state index >= 15 is 0 Å². The number of nitrogens with two attached hydrogens (primary N) is 3. The Balaban J connectivity index is 2.80. The van der Waals surface area contributed by atoms with Crippen LogP contribution in [0.4, 0.5) is 0 Å². The molecule has 9 N–H and O–H groups in total. The van der Waals surface area contributed by atoms with Gasteiger partial charge in [-0.1, -0.05) is 174 Å². The van der Waals surface area contributed by atoms with E-state index in [2.05, 4.69) is 26.0 Å². The van der Waals surface area contributed by atoms with Crippen LogP contribution in [0.1, 0.15) is 213 Å². The molecule has 1 heterocycles. The Morgan fingerprint density at radius 1 is 0.655 bits per heavy atom. The van der Waals surface area contributed by atoms with Gasteiger partial charge in [0.15, 0.2) is 11.6 Å². The van der Waals surface area contributed by atoms with E-state index in [0.29, 0.717) is 12.8 Å². The first kappa shape index (κ1) is 54.3. The number of aliphatic hydroxyl groups excluding tert-OH is 3. The summed E-state index contributed by atoms with van der Waals surface area (Å²) in [5.41, 5.74) is 16.5. The molecule has 0 unspecified atom stereocenters. The van der Waals surface area contributed by atoms with Crippen molar-refractivity contribution in [3.63, 3.8) is 0 Å². The van der Waals surface area contributed by atoms with E-state index in [1.54, 1.807) is 0 Å². The second-order valence-electron chi connectivity index (χ2n) is 17.4.